The van der Waals surface area contributed by atoms with Gasteiger partial charge in [-0.3, -0.25) is 9.59 Å². The first kappa shape index (κ1) is 17.0. The summed E-state index contributed by atoms with van der Waals surface area (Å²) in [6, 6.07) is 12.9. The summed E-state index contributed by atoms with van der Waals surface area (Å²) in [5, 5.41) is 0. The molecule has 3 rings (SSSR count). The zero-order valence-electron chi connectivity index (χ0n) is 14.7. The number of fused-ring (bicyclic) bond motifs is 1. The normalized spacial score (nSPS) is 16.1. The van der Waals surface area contributed by atoms with Gasteiger partial charge in [-0.05, 0) is 47.5 Å². The van der Waals surface area contributed by atoms with Crippen LogP contribution in [0.3, 0.4) is 0 Å². The van der Waals surface area contributed by atoms with Gasteiger partial charge in [-0.2, -0.15) is 0 Å². The van der Waals surface area contributed by atoms with Gasteiger partial charge >= 0.3 is 0 Å². The monoisotopic (exact) mass is 334 g/mol. The molecular formula is C21H22N2O2. The number of carbonyl (C=O) groups excluding carboxylic acids is 2. The number of nitrogens with two attached hydrogens (primary N) is 1. The topological polar surface area (TPSA) is 63.4 Å². The molecule has 0 aromatic heterocycles. The Morgan fingerprint density at radius 1 is 1.16 bits per heavy atom. The van der Waals surface area contributed by atoms with Crippen LogP contribution < -0.4 is 10.6 Å². The van der Waals surface area contributed by atoms with E-state index in [0.717, 1.165) is 16.8 Å². The fraction of sp³-hybridized carbons (Fsp3) is 0.238. The smallest absolute Gasteiger partial charge is 0.227 e. The summed E-state index contributed by atoms with van der Waals surface area (Å²) < 4.78 is 0. The van der Waals surface area contributed by atoms with Crippen molar-refractivity contribution in [1.82, 2.24) is 0 Å². The molecule has 0 saturated carbocycles. The van der Waals surface area contributed by atoms with Crippen LogP contribution in [0.1, 0.15) is 41.8 Å². The van der Waals surface area contributed by atoms with Crippen LogP contribution in [-0.4, -0.2) is 18.7 Å². The highest BCUT2D eigenvalue weighted by atomic mass is 16.2. The maximum Gasteiger partial charge on any atom is 0.227 e. The summed E-state index contributed by atoms with van der Waals surface area (Å²) >= 11 is 0. The second kappa shape index (κ2) is 6.20. The van der Waals surface area contributed by atoms with Gasteiger partial charge in [0.2, 0.25) is 5.91 Å². The Morgan fingerprint density at radius 3 is 2.52 bits per heavy atom. The van der Waals surface area contributed by atoms with E-state index in [1.165, 1.54) is 0 Å². The van der Waals surface area contributed by atoms with E-state index >= 15 is 0 Å². The van der Waals surface area contributed by atoms with Crippen LogP contribution in [0.2, 0.25) is 0 Å². The van der Waals surface area contributed by atoms with Gasteiger partial charge in [-0.15, -0.1) is 0 Å². The van der Waals surface area contributed by atoms with Gasteiger partial charge in [0.25, 0.3) is 0 Å². The molecule has 1 heterocycles. The first-order valence-electron chi connectivity index (χ1n) is 8.27. The molecule has 1 aliphatic rings. The first-order chi connectivity index (χ1) is 11.8. The summed E-state index contributed by atoms with van der Waals surface area (Å²) in [6.45, 7) is 4.07. The zero-order chi connectivity index (χ0) is 18.2. The van der Waals surface area contributed by atoms with E-state index in [1.54, 1.807) is 42.3 Å². The molecule has 4 heteroatoms. The van der Waals surface area contributed by atoms with Gasteiger partial charge < -0.3 is 10.6 Å². The molecule has 25 heavy (non-hydrogen) atoms. The van der Waals surface area contributed by atoms with Crippen LogP contribution in [-0.2, 0) is 10.2 Å². The Morgan fingerprint density at radius 2 is 1.84 bits per heavy atom. The molecule has 0 aliphatic carbocycles. The minimum Gasteiger partial charge on any atom is -0.399 e. The SMILES string of the molecule is CN1C(=O)CC(C)(C)c2cc(C(=O)/C=C/c3ccc(N)cc3)ccc21. The summed E-state index contributed by atoms with van der Waals surface area (Å²) in [5.41, 5.74) is 9.53. The minimum absolute atomic E-state index is 0.0602. The summed E-state index contributed by atoms with van der Waals surface area (Å²) in [6.07, 6.45) is 3.79. The number of hydrogen-bond acceptors (Lipinski definition) is 3. The molecule has 4 nitrogen and oxygen atoms in total. The van der Waals surface area contributed by atoms with Crippen molar-refractivity contribution in [2.45, 2.75) is 25.7 Å². The Labute approximate surface area is 148 Å². The van der Waals surface area contributed by atoms with Gasteiger partial charge in [0.15, 0.2) is 5.78 Å². The fourth-order valence-electron chi connectivity index (χ4n) is 3.13. The molecular weight excluding hydrogens is 312 g/mol. The van der Waals surface area contributed by atoms with Crippen molar-refractivity contribution in [2.24, 2.45) is 0 Å². The fourth-order valence-corrected chi connectivity index (χ4v) is 3.13. The first-order valence-corrected chi connectivity index (χ1v) is 8.27. The highest BCUT2D eigenvalue weighted by Crippen LogP contribution is 2.40. The molecule has 128 valence electrons. The van der Waals surface area contributed by atoms with Crippen molar-refractivity contribution in [1.29, 1.82) is 0 Å². The third-order valence-electron chi connectivity index (χ3n) is 4.70. The minimum atomic E-state index is -0.282. The van der Waals surface area contributed by atoms with E-state index in [-0.39, 0.29) is 17.1 Å². The van der Waals surface area contributed by atoms with Crippen molar-refractivity contribution in [3.63, 3.8) is 0 Å². The van der Waals surface area contributed by atoms with E-state index in [2.05, 4.69) is 0 Å². The van der Waals surface area contributed by atoms with E-state index in [1.807, 2.05) is 38.1 Å². The van der Waals surface area contributed by atoms with Gasteiger partial charge in [0, 0.05) is 35.8 Å². The zero-order valence-corrected chi connectivity index (χ0v) is 14.7. The lowest BCUT2D eigenvalue weighted by Crippen LogP contribution is -2.39. The lowest BCUT2D eigenvalue weighted by atomic mass is 9.76. The molecule has 0 saturated heterocycles. The van der Waals surface area contributed by atoms with Crippen molar-refractivity contribution >= 4 is 29.1 Å². The van der Waals surface area contributed by atoms with E-state index < -0.39 is 0 Å². The van der Waals surface area contributed by atoms with Crippen LogP contribution >= 0.6 is 0 Å². The maximum atomic E-state index is 12.5. The molecule has 2 N–H and O–H groups in total. The number of carbonyl (C=O) groups is 2. The molecule has 1 amide bonds. The van der Waals surface area contributed by atoms with E-state index in [9.17, 15) is 9.59 Å². The van der Waals surface area contributed by atoms with Crippen LogP contribution in [0.5, 0.6) is 0 Å². The molecule has 1 aliphatic heterocycles. The Balaban J connectivity index is 1.90. The van der Waals surface area contributed by atoms with Gasteiger partial charge in [0.1, 0.15) is 0 Å². The van der Waals surface area contributed by atoms with Crippen molar-refractivity contribution in [3.8, 4) is 0 Å². The molecule has 0 radical (unpaired) electrons. The number of hydrogen-bond donors (Lipinski definition) is 1. The summed E-state index contributed by atoms with van der Waals surface area (Å²) in [7, 11) is 1.78. The highest BCUT2D eigenvalue weighted by Gasteiger charge is 2.35. The number of amides is 1. The molecule has 0 bridgehead atoms. The number of ketones is 1. The molecule has 0 unspecified atom stereocenters. The van der Waals surface area contributed by atoms with Crippen LogP contribution in [0.25, 0.3) is 6.08 Å². The average molecular weight is 334 g/mol. The van der Waals surface area contributed by atoms with Crippen LogP contribution in [0.4, 0.5) is 11.4 Å². The molecule has 2 aromatic carbocycles. The van der Waals surface area contributed by atoms with Crippen molar-refractivity contribution < 1.29 is 9.59 Å². The second-order valence-corrected chi connectivity index (χ2v) is 7.11. The lowest BCUT2D eigenvalue weighted by molar-refractivity contribution is -0.119. The Hall–Kier alpha value is -2.88. The van der Waals surface area contributed by atoms with Crippen molar-refractivity contribution in [2.75, 3.05) is 17.7 Å². The van der Waals surface area contributed by atoms with Gasteiger partial charge in [-0.1, -0.05) is 32.1 Å². The lowest BCUT2D eigenvalue weighted by Gasteiger charge is -2.37. The van der Waals surface area contributed by atoms with Crippen LogP contribution in [0, 0.1) is 0 Å². The number of rotatable bonds is 3. The molecule has 0 atom stereocenters. The van der Waals surface area contributed by atoms with E-state index in [0.29, 0.717) is 17.7 Å². The molecule has 0 spiro atoms. The largest absolute Gasteiger partial charge is 0.399 e. The molecule has 2 aromatic rings. The summed E-state index contributed by atoms with van der Waals surface area (Å²) in [5.74, 6) is 0.0369. The quantitative estimate of drug-likeness (QED) is 0.527. The van der Waals surface area contributed by atoms with Crippen molar-refractivity contribution in [3.05, 3.63) is 65.2 Å². The second-order valence-electron chi connectivity index (χ2n) is 7.11. The average Bonchev–Trinajstić information content (AvgIpc) is 2.58. The number of allylic oxidation sites excluding steroid dienone is 1. The standard InChI is InChI=1S/C21H22N2O2/c1-21(2)13-20(25)23(3)18-10-7-15(12-17(18)21)19(24)11-6-14-4-8-16(22)9-5-14/h4-12H,13,22H2,1-3H3/b11-6+. The third-order valence-corrected chi connectivity index (χ3v) is 4.70. The number of nitrogens with zero attached hydrogens (tertiary/aromatic N) is 1. The van der Waals surface area contributed by atoms with Gasteiger partial charge in [0.05, 0.1) is 0 Å². The summed E-state index contributed by atoms with van der Waals surface area (Å²) in [4.78, 5) is 26.3. The van der Waals surface area contributed by atoms with Gasteiger partial charge in [-0.25, -0.2) is 0 Å². The van der Waals surface area contributed by atoms with Crippen LogP contribution in [0.15, 0.2) is 48.5 Å². The Bertz CT molecular complexity index is 864. The highest BCUT2D eigenvalue weighted by molar-refractivity contribution is 6.08. The number of benzene rings is 2. The molecule has 0 fully saturated rings. The number of anilines is 2. The number of nitrogen functional groups attached to an aromatic ring is 1. The maximum absolute atomic E-state index is 12.5. The Kier molecular flexibility index (Phi) is 4.21. The third kappa shape index (κ3) is 3.33. The predicted octanol–water partition coefficient (Wildman–Crippen LogP) is 3.81. The van der Waals surface area contributed by atoms with E-state index in [4.69, 9.17) is 5.73 Å². The predicted molar refractivity (Wildman–Crippen MR) is 102 cm³/mol.